The number of carbonyl (C=O) groups is 1. The first kappa shape index (κ1) is 15.0. The minimum Gasteiger partial charge on any atom is -0.493 e. The van der Waals surface area contributed by atoms with E-state index in [1.54, 1.807) is 31.5 Å². The van der Waals surface area contributed by atoms with E-state index in [-0.39, 0.29) is 12.1 Å². The van der Waals surface area contributed by atoms with Crippen LogP contribution in [0.2, 0.25) is 0 Å². The maximum absolute atomic E-state index is 12.8. The fourth-order valence-electron chi connectivity index (χ4n) is 2.98. The molecule has 7 heteroatoms. The van der Waals surface area contributed by atoms with Crippen LogP contribution in [0.15, 0.2) is 39.8 Å². The normalized spacial score (nSPS) is 17.5. The van der Waals surface area contributed by atoms with Crippen LogP contribution in [0.4, 0.5) is 11.4 Å². The Morgan fingerprint density at radius 3 is 2.67 bits per heavy atom. The van der Waals surface area contributed by atoms with Crippen LogP contribution >= 0.6 is 15.9 Å². The van der Waals surface area contributed by atoms with E-state index < -0.39 is 0 Å². The number of methoxy groups -OCH3 is 2. The van der Waals surface area contributed by atoms with Crippen LogP contribution in [0.3, 0.4) is 0 Å². The predicted octanol–water partition coefficient (Wildman–Crippen LogP) is 3.71. The van der Waals surface area contributed by atoms with Crippen LogP contribution < -0.4 is 14.8 Å². The van der Waals surface area contributed by atoms with Gasteiger partial charge in [-0.2, -0.15) is 0 Å². The Hall–Kier alpha value is -2.54. The first-order chi connectivity index (χ1) is 11.6. The number of fused-ring (bicyclic) bond motifs is 4. The summed E-state index contributed by atoms with van der Waals surface area (Å²) in [7, 11) is 3.17. The summed E-state index contributed by atoms with van der Waals surface area (Å²) in [4.78, 5) is 18.8. The van der Waals surface area contributed by atoms with E-state index in [2.05, 4.69) is 26.2 Å². The number of aliphatic imine (C=N–C) groups is 1. The third kappa shape index (κ3) is 2.16. The monoisotopic (exact) mass is 387 g/mol. The number of benzene rings is 2. The lowest BCUT2D eigenvalue weighted by Gasteiger charge is -2.38. The van der Waals surface area contributed by atoms with E-state index in [1.807, 2.05) is 24.3 Å². The smallest absolute Gasteiger partial charge is 0.263 e. The molecule has 2 heterocycles. The largest absolute Gasteiger partial charge is 0.493 e. The molecule has 1 atom stereocenters. The number of hydrogen-bond donors (Lipinski definition) is 1. The van der Waals surface area contributed by atoms with Crippen molar-refractivity contribution in [2.45, 2.75) is 6.17 Å². The summed E-state index contributed by atoms with van der Waals surface area (Å²) in [6, 6.07) is 9.26. The molecule has 6 nitrogen and oxygen atoms in total. The van der Waals surface area contributed by atoms with Gasteiger partial charge in [0.25, 0.3) is 5.91 Å². The highest BCUT2D eigenvalue weighted by atomic mass is 79.9. The lowest BCUT2D eigenvalue weighted by molar-refractivity contribution is 0.0807. The third-order valence-corrected chi connectivity index (χ3v) is 4.66. The van der Waals surface area contributed by atoms with Gasteiger partial charge < -0.3 is 14.8 Å². The standard InChI is InChI=1S/C17H14BrN3O3/c1-23-14-6-10-13(7-15(14)24-2)19-8-21-16(10)20-12-4-3-9(18)5-11(12)17(21)22/h3-8,16,20H,1-2H3. The average molecular weight is 388 g/mol. The number of halogens is 1. The quantitative estimate of drug-likeness (QED) is 0.852. The molecule has 4 rings (SSSR count). The second kappa shape index (κ2) is 5.52. The lowest BCUT2D eigenvalue weighted by Crippen LogP contribution is -2.43. The van der Waals surface area contributed by atoms with Gasteiger partial charge in [0.2, 0.25) is 0 Å². The summed E-state index contributed by atoms with van der Waals surface area (Å²) < 4.78 is 11.6. The van der Waals surface area contributed by atoms with Gasteiger partial charge in [0.05, 0.1) is 25.5 Å². The molecule has 0 saturated carbocycles. The van der Waals surface area contributed by atoms with Crippen molar-refractivity contribution in [3.05, 3.63) is 45.9 Å². The minimum absolute atomic E-state index is 0.0979. The molecule has 0 spiro atoms. The van der Waals surface area contributed by atoms with E-state index in [0.717, 1.165) is 21.4 Å². The fraction of sp³-hybridized carbons (Fsp3) is 0.176. The van der Waals surface area contributed by atoms with Crippen molar-refractivity contribution in [2.75, 3.05) is 19.5 Å². The molecule has 1 N–H and O–H groups in total. The number of ether oxygens (including phenoxy) is 2. The van der Waals surface area contributed by atoms with Crippen LogP contribution in [-0.4, -0.2) is 31.4 Å². The van der Waals surface area contributed by atoms with Crippen LogP contribution in [0, 0.1) is 0 Å². The molecule has 122 valence electrons. The molecule has 0 fully saturated rings. The summed E-state index contributed by atoms with van der Waals surface area (Å²) >= 11 is 3.40. The van der Waals surface area contributed by atoms with Crippen molar-refractivity contribution in [3.8, 4) is 11.5 Å². The molecule has 0 radical (unpaired) electrons. The van der Waals surface area contributed by atoms with E-state index in [1.165, 1.54) is 0 Å². The lowest BCUT2D eigenvalue weighted by atomic mass is 10.0. The van der Waals surface area contributed by atoms with Crippen molar-refractivity contribution in [1.82, 2.24) is 4.90 Å². The van der Waals surface area contributed by atoms with Crippen LogP contribution in [0.5, 0.6) is 11.5 Å². The van der Waals surface area contributed by atoms with Crippen LogP contribution in [0.25, 0.3) is 0 Å². The summed E-state index contributed by atoms with van der Waals surface area (Å²) in [6.45, 7) is 0. The Labute approximate surface area is 147 Å². The van der Waals surface area contributed by atoms with Gasteiger partial charge >= 0.3 is 0 Å². The Bertz CT molecular complexity index is 882. The van der Waals surface area contributed by atoms with Gasteiger partial charge in [-0.25, -0.2) is 4.99 Å². The van der Waals surface area contributed by atoms with Gasteiger partial charge in [0.1, 0.15) is 12.5 Å². The average Bonchev–Trinajstić information content (AvgIpc) is 2.61. The van der Waals surface area contributed by atoms with Crippen molar-refractivity contribution >= 4 is 39.6 Å². The topological polar surface area (TPSA) is 63.2 Å². The molecule has 24 heavy (non-hydrogen) atoms. The van der Waals surface area contributed by atoms with Crippen molar-refractivity contribution in [3.63, 3.8) is 0 Å². The van der Waals surface area contributed by atoms with Crippen LogP contribution in [0.1, 0.15) is 22.1 Å². The Morgan fingerprint density at radius 1 is 1.17 bits per heavy atom. The predicted molar refractivity (Wildman–Crippen MR) is 94.4 cm³/mol. The van der Waals surface area contributed by atoms with Gasteiger partial charge in [0.15, 0.2) is 11.5 Å². The number of amides is 1. The highest BCUT2D eigenvalue weighted by Crippen LogP contribution is 2.44. The van der Waals surface area contributed by atoms with E-state index in [0.29, 0.717) is 17.1 Å². The van der Waals surface area contributed by atoms with Gasteiger partial charge in [0, 0.05) is 21.8 Å². The first-order valence-electron chi connectivity index (χ1n) is 7.31. The maximum Gasteiger partial charge on any atom is 0.263 e. The molecular weight excluding hydrogens is 374 g/mol. The summed E-state index contributed by atoms with van der Waals surface area (Å²) in [5.74, 6) is 1.11. The highest BCUT2D eigenvalue weighted by Gasteiger charge is 2.36. The van der Waals surface area contributed by atoms with Crippen molar-refractivity contribution in [2.24, 2.45) is 4.99 Å². The molecule has 0 aliphatic carbocycles. The second-order valence-corrected chi connectivity index (χ2v) is 6.38. The van der Waals surface area contributed by atoms with Gasteiger partial charge in [-0.15, -0.1) is 0 Å². The highest BCUT2D eigenvalue weighted by molar-refractivity contribution is 9.10. The number of carbonyl (C=O) groups excluding carboxylic acids is 1. The Morgan fingerprint density at radius 2 is 1.92 bits per heavy atom. The third-order valence-electron chi connectivity index (χ3n) is 4.17. The zero-order valence-electron chi connectivity index (χ0n) is 13.0. The molecule has 0 bridgehead atoms. The van der Waals surface area contributed by atoms with E-state index in [4.69, 9.17) is 9.47 Å². The minimum atomic E-state index is -0.335. The molecule has 1 amide bonds. The number of nitrogens with one attached hydrogen (secondary N) is 1. The summed E-state index contributed by atoms with van der Waals surface area (Å²) in [5, 5.41) is 3.40. The number of anilines is 1. The van der Waals surface area contributed by atoms with E-state index >= 15 is 0 Å². The first-order valence-corrected chi connectivity index (χ1v) is 8.10. The summed E-state index contributed by atoms with van der Waals surface area (Å²) in [6.07, 6.45) is 1.22. The van der Waals surface area contributed by atoms with Gasteiger partial charge in [-0.3, -0.25) is 9.69 Å². The Kier molecular flexibility index (Phi) is 3.45. The SMILES string of the molecule is COc1cc2c(cc1OC)C1Nc3ccc(Br)cc3C(=O)N1C=N2. The maximum atomic E-state index is 12.8. The molecule has 1 unspecified atom stereocenters. The molecular formula is C17H14BrN3O3. The van der Waals surface area contributed by atoms with Crippen LogP contribution in [-0.2, 0) is 0 Å². The number of nitrogens with zero attached hydrogens (tertiary/aromatic N) is 2. The number of hydrogen-bond acceptors (Lipinski definition) is 5. The molecule has 0 aromatic heterocycles. The zero-order chi connectivity index (χ0) is 16.8. The molecule has 2 aliphatic rings. The van der Waals surface area contributed by atoms with Gasteiger partial charge in [-0.1, -0.05) is 15.9 Å². The fourth-order valence-corrected chi connectivity index (χ4v) is 3.34. The van der Waals surface area contributed by atoms with E-state index in [9.17, 15) is 4.79 Å². The van der Waals surface area contributed by atoms with Crippen molar-refractivity contribution in [1.29, 1.82) is 0 Å². The van der Waals surface area contributed by atoms with Gasteiger partial charge in [-0.05, 0) is 24.3 Å². The molecule has 2 aromatic rings. The summed E-state index contributed by atoms with van der Waals surface area (Å²) in [5.41, 5.74) is 3.00. The molecule has 2 aromatic carbocycles. The number of rotatable bonds is 2. The zero-order valence-corrected chi connectivity index (χ0v) is 14.6. The Balaban J connectivity index is 1.84. The molecule has 2 aliphatic heterocycles. The van der Waals surface area contributed by atoms with Crippen molar-refractivity contribution < 1.29 is 14.3 Å². The molecule has 0 saturated heterocycles. The second-order valence-electron chi connectivity index (χ2n) is 5.46.